The summed E-state index contributed by atoms with van der Waals surface area (Å²) in [5.74, 6) is 2.17. The van der Waals surface area contributed by atoms with E-state index >= 15 is 0 Å². The van der Waals surface area contributed by atoms with Crippen LogP contribution in [0.4, 0.5) is 0 Å². The standard InChI is InChI=1S/C11H14N2O2S2/c1-7-4-12-11(16-7)6-17(14)5-10-13-8(2)9(3)15-10/h4H,5-6H2,1-3H3/t17-/m0/s1. The molecule has 4 nitrogen and oxygen atoms in total. The second kappa shape index (κ2) is 5.10. The van der Waals surface area contributed by atoms with E-state index in [4.69, 9.17) is 4.42 Å². The fourth-order valence-corrected chi connectivity index (χ4v) is 3.46. The molecule has 6 heteroatoms. The fraction of sp³-hybridized carbons (Fsp3) is 0.455. The zero-order chi connectivity index (χ0) is 12.4. The van der Waals surface area contributed by atoms with E-state index in [1.807, 2.05) is 20.8 Å². The third-order valence-corrected chi connectivity index (χ3v) is 4.57. The Morgan fingerprint density at radius 2 is 2.12 bits per heavy atom. The summed E-state index contributed by atoms with van der Waals surface area (Å²) >= 11 is 1.58. The summed E-state index contributed by atoms with van der Waals surface area (Å²) in [7, 11) is -1.01. The fourth-order valence-electron chi connectivity index (χ4n) is 1.40. The van der Waals surface area contributed by atoms with Gasteiger partial charge in [0, 0.05) is 21.9 Å². The molecule has 0 aliphatic heterocycles. The molecule has 0 aliphatic carbocycles. The minimum atomic E-state index is -1.01. The monoisotopic (exact) mass is 270 g/mol. The topological polar surface area (TPSA) is 56.0 Å². The highest BCUT2D eigenvalue weighted by Gasteiger charge is 2.11. The largest absolute Gasteiger partial charge is 0.445 e. The van der Waals surface area contributed by atoms with Crippen molar-refractivity contribution in [3.63, 3.8) is 0 Å². The summed E-state index contributed by atoms with van der Waals surface area (Å²) in [6.07, 6.45) is 1.80. The molecule has 0 aromatic carbocycles. The molecule has 2 rings (SSSR count). The Balaban J connectivity index is 1.97. The smallest absolute Gasteiger partial charge is 0.207 e. The van der Waals surface area contributed by atoms with Gasteiger partial charge >= 0.3 is 0 Å². The molecule has 2 aromatic rings. The van der Waals surface area contributed by atoms with Crippen molar-refractivity contribution in [3.8, 4) is 0 Å². The third kappa shape index (κ3) is 3.23. The first kappa shape index (κ1) is 12.4. The number of hydrogen-bond acceptors (Lipinski definition) is 5. The van der Waals surface area contributed by atoms with Crippen molar-refractivity contribution < 1.29 is 8.63 Å². The maximum atomic E-state index is 11.9. The number of nitrogens with zero attached hydrogens (tertiary/aromatic N) is 2. The van der Waals surface area contributed by atoms with Crippen molar-refractivity contribution in [1.82, 2.24) is 9.97 Å². The molecule has 0 aliphatic rings. The summed E-state index contributed by atoms with van der Waals surface area (Å²) < 4.78 is 17.3. The van der Waals surface area contributed by atoms with Crippen LogP contribution in [0.1, 0.15) is 27.2 Å². The SMILES string of the molecule is Cc1cnc(C[S@@](=O)Cc2nc(C)c(C)o2)s1. The van der Waals surface area contributed by atoms with Gasteiger partial charge in [0.2, 0.25) is 5.89 Å². The van der Waals surface area contributed by atoms with Crippen LogP contribution in [-0.4, -0.2) is 14.2 Å². The number of oxazole rings is 1. The van der Waals surface area contributed by atoms with Crippen LogP contribution in [0.15, 0.2) is 10.6 Å². The van der Waals surface area contributed by atoms with Crippen LogP contribution >= 0.6 is 11.3 Å². The number of hydrogen-bond donors (Lipinski definition) is 0. The molecular formula is C11H14N2O2S2. The van der Waals surface area contributed by atoms with Crippen molar-refractivity contribution in [2.45, 2.75) is 32.3 Å². The van der Waals surface area contributed by atoms with E-state index in [-0.39, 0.29) is 0 Å². The van der Waals surface area contributed by atoms with Crippen molar-refractivity contribution in [1.29, 1.82) is 0 Å². The minimum absolute atomic E-state index is 0.354. The zero-order valence-corrected chi connectivity index (χ0v) is 11.7. The quantitative estimate of drug-likeness (QED) is 0.856. The lowest BCUT2D eigenvalue weighted by Crippen LogP contribution is -1.99. The third-order valence-electron chi connectivity index (χ3n) is 2.31. The average molecular weight is 270 g/mol. The molecule has 0 saturated carbocycles. The van der Waals surface area contributed by atoms with Crippen LogP contribution < -0.4 is 0 Å². The van der Waals surface area contributed by atoms with Gasteiger partial charge in [-0.3, -0.25) is 4.21 Å². The summed E-state index contributed by atoms with van der Waals surface area (Å²) in [4.78, 5) is 9.55. The molecule has 92 valence electrons. The summed E-state index contributed by atoms with van der Waals surface area (Å²) in [5, 5.41) is 0.904. The molecular weight excluding hydrogens is 256 g/mol. The van der Waals surface area contributed by atoms with Crippen LogP contribution in [0, 0.1) is 20.8 Å². The van der Waals surface area contributed by atoms with E-state index in [2.05, 4.69) is 9.97 Å². The molecule has 17 heavy (non-hydrogen) atoms. The van der Waals surface area contributed by atoms with Crippen molar-refractivity contribution in [3.05, 3.63) is 33.4 Å². The normalized spacial score (nSPS) is 12.9. The molecule has 0 spiro atoms. The molecule has 1 atom stereocenters. The van der Waals surface area contributed by atoms with E-state index in [1.54, 1.807) is 17.5 Å². The van der Waals surface area contributed by atoms with Crippen LogP contribution in [0.2, 0.25) is 0 Å². The van der Waals surface area contributed by atoms with Crippen LogP contribution in [-0.2, 0) is 22.3 Å². The molecule has 2 aromatic heterocycles. The second-order valence-electron chi connectivity index (χ2n) is 3.84. The Morgan fingerprint density at radius 1 is 1.35 bits per heavy atom. The maximum Gasteiger partial charge on any atom is 0.207 e. The van der Waals surface area contributed by atoms with Crippen LogP contribution in [0.5, 0.6) is 0 Å². The molecule has 0 N–H and O–H groups in total. The number of thiazole rings is 1. The first-order chi connectivity index (χ1) is 8.04. The molecule has 0 bridgehead atoms. The van der Waals surface area contributed by atoms with E-state index in [1.165, 1.54) is 0 Å². The van der Waals surface area contributed by atoms with Crippen LogP contribution in [0.25, 0.3) is 0 Å². The van der Waals surface area contributed by atoms with Gasteiger partial charge in [-0.1, -0.05) is 0 Å². The number of rotatable bonds is 4. The Morgan fingerprint density at radius 3 is 2.65 bits per heavy atom. The molecule has 0 saturated heterocycles. The van der Waals surface area contributed by atoms with Gasteiger partial charge < -0.3 is 4.42 Å². The summed E-state index contributed by atoms with van der Waals surface area (Å²) in [6.45, 7) is 5.74. The minimum Gasteiger partial charge on any atom is -0.445 e. The summed E-state index contributed by atoms with van der Waals surface area (Å²) in [5.41, 5.74) is 0.863. The predicted molar refractivity (Wildman–Crippen MR) is 68.4 cm³/mol. The van der Waals surface area contributed by atoms with Gasteiger partial charge in [0.05, 0.1) is 11.4 Å². The van der Waals surface area contributed by atoms with Gasteiger partial charge in [0.15, 0.2) is 0 Å². The Hall–Kier alpha value is -1.01. The molecule has 0 fully saturated rings. The lowest BCUT2D eigenvalue weighted by Gasteiger charge is -1.95. The average Bonchev–Trinajstić information content (AvgIpc) is 2.75. The highest BCUT2D eigenvalue weighted by Crippen LogP contribution is 2.16. The van der Waals surface area contributed by atoms with E-state index < -0.39 is 10.8 Å². The second-order valence-corrected chi connectivity index (χ2v) is 6.62. The predicted octanol–water partition coefficient (Wildman–Crippen LogP) is 2.51. The van der Waals surface area contributed by atoms with Crippen molar-refractivity contribution in [2.75, 3.05) is 0 Å². The van der Waals surface area contributed by atoms with Gasteiger partial charge in [-0.15, -0.1) is 11.3 Å². The summed E-state index contributed by atoms with van der Waals surface area (Å²) in [6, 6.07) is 0. The Kier molecular flexibility index (Phi) is 3.73. The molecule has 0 unspecified atom stereocenters. The lowest BCUT2D eigenvalue weighted by atomic mass is 10.4. The Bertz CT molecular complexity index is 526. The molecule has 0 amide bonds. The zero-order valence-electron chi connectivity index (χ0n) is 10.0. The maximum absolute atomic E-state index is 11.9. The molecule has 2 heterocycles. The highest BCUT2D eigenvalue weighted by atomic mass is 32.2. The van der Waals surface area contributed by atoms with Gasteiger partial charge in [0.1, 0.15) is 16.5 Å². The highest BCUT2D eigenvalue weighted by molar-refractivity contribution is 7.83. The first-order valence-electron chi connectivity index (χ1n) is 5.24. The van der Waals surface area contributed by atoms with E-state index in [9.17, 15) is 4.21 Å². The van der Waals surface area contributed by atoms with Gasteiger partial charge in [-0.05, 0) is 20.8 Å². The first-order valence-corrected chi connectivity index (χ1v) is 7.54. The lowest BCUT2D eigenvalue weighted by molar-refractivity contribution is 0.487. The van der Waals surface area contributed by atoms with Gasteiger partial charge in [0.25, 0.3) is 0 Å². The van der Waals surface area contributed by atoms with Gasteiger partial charge in [-0.25, -0.2) is 9.97 Å². The van der Waals surface area contributed by atoms with Crippen molar-refractivity contribution in [2.24, 2.45) is 0 Å². The number of aryl methyl sites for hydroxylation is 3. The number of aromatic nitrogens is 2. The van der Waals surface area contributed by atoms with Crippen LogP contribution in [0.3, 0.4) is 0 Å². The molecule has 0 radical (unpaired) electrons. The van der Waals surface area contributed by atoms with Crippen molar-refractivity contribution >= 4 is 22.1 Å². The van der Waals surface area contributed by atoms with E-state index in [0.717, 1.165) is 21.3 Å². The van der Waals surface area contributed by atoms with Gasteiger partial charge in [-0.2, -0.15) is 0 Å². The van der Waals surface area contributed by atoms with E-state index in [0.29, 0.717) is 17.4 Å². The Labute approximate surface area is 107 Å².